The maximum Gasteiger partial charge on any atom is 0.293 e. The predicted octanol–water partition coefficient (Wildman–Crippen LogP) is 6.98. The highest BCUT2D eigenvalue weighted by molar-refractivity contribution is 7.12. The second kappa shape index (κ2) is 11.2. The highest BCUT2D eigenvalue weighted by Crippen LogP contribution is 2.38. The van der Waals surface area contributed by atoms with Crippen LogP contribution in [0, 0.1) is 0 Å². The lowest BCUT2D eigenvalue weighted by Gasteiger charge is -2.37. The standard InChI is InChI=1S/C33H28N2O4S/c1-34(25-11-6-3-7-12-25)32(36)29-17-16-27(39-29)22-38-26-15-14-23-18-19-35(33(37)30-13-8-20-40-30)31(28(23)21-26)24-9-4-2-5-10-24/h2-17,20-21,31H,18-19,22H2,1H3. The number of carbonyl (C=O) groups is 2. The van der Waals surface area contributed by atoms with Crippen LogP contribution in [-0.2, 0) is 13.0 Å². The summed E-state index contributed by atoms with van der Waals surface area (Å²) in [5, 5.41) is 1.93. The molecule has 0 N–H and O–H groups in total. The summed E-state index contributed by atoms with van der Waals surface area (Å²) in [6.07, 6.45) is 0.772. The van der Waals surface area contributed by atoms with Gasteiger partial charge in [-0.15, -0.1) is 11.3 Å². The fourth-order valence-corrected chi connectivity index (χ4v) is 5.78. The number of ether oxygens (including phenoxy) is 1. The molecule has 0 fully saturated rings. The van der Waals surface area contributed by atoms with Gasteiger partial charge in [0.1, 0.15) is 18.1 Å². The Kier molecular flexibility index (Phi) is 7.21. The first kappa shape index (κ1) is 25.6. The first-order chi connectivity index (χ1) is 19.6. The monoisotopic (exact) mass is 548 g/mol. The van der Waals surface area contributed by atoms with E-state index in [1.165, 1.54) is 16.9 Å². The van der Waals surface area contributed by atoms with Crippen LogP contribution in [0.2, 0.25) is 0 Å². The van der Waals surface area contributed by atoms with E-state index in [1.54, 1.807) is 24.1 Å². The van der Waals surface area contributed by atoms with Gasteiger partial charge in [-0.05, 0) is 71.0 Å². The molecule has 2 amide bonds. The van der Waals surface area contributed by atoms with Crippen molar-refractivity contribution in [1.29, 1.82) is 0 Å². The summed E-state index contributed by atoms with van der Waals surface area (Å²) in [5.74, 6) is 1.29. The Hall–Kier alpha value is -4.62. The van der Waals surface area contributed by atoms with Crippen molar-refractivity contribution >= 4 is 28.8 Å². The van der Waals surface area contributed by atoms with Crippen LogP contribution in [0.5, 0.6) is 5.75 Å². The molecular weight excluding hydrogens is 520 g/mol. The smallest absolute Gasteiger partial charge is 0.293 e. The van der Waals surface area contributed by atoms with Gasteiger partial charge in [-0.2, -0.15) is 0 Å². The maximum absolute atomic E-state index is 13.5. The summed E-state index contributed by atoms with van der Waals surface area (Å²) in [5.41, 5.74) is 4.10. The van der Waals surface area contributed by atoms with Crippen molar-refractivity contribution in [2.75, 3.05) is 18.5 Å². The fraction of sp³-hybridized carbons (Fsp3) is 0.152. The van der Waals surface area contributed by atoms with Crippen LogP contribution < -0.4 is 9.64 Å². The molecule has 6 nitrogen and oxygen atoms in total. The second-order valence-electron chi connectivity index (χ2n) is 9.65. The first-order valence-corrected chi connectivity index (χ1v) is 14.0. The SMILES string of the molecule is CN(C(=O)c1ccc(COc2ccc3c(c2)C(c2ccccc2)N(C(=O)c2cccs2)CC3)o1)c1ccccc1. The third kappa shape index (κ3) is 5.16. The molecule has 0 saturated carbocycles. The molecule has 1 aliphatic rings. The van der Waals surface area contributed by atoms with E-state index in [2.05, 4.69) is 18.2 Å². The highest BCUT2D eigenvalue weighted by Gasteiger charge is 2.33. The number of hydrogen-bond donors (Lipinski definition) is 0. The van der Waals surface area contributed by atoms with Gasteiger partial charge < -0.3 is 19.0 Å². The number of fused-ring (bicyclic) bond motifs is 1. The van der Waals surface area contributed by atoms with Crippen LogP contribution in [0.3, 0.4) is 0 Å². The molecule has 200 valence electrons. The van der Waals surface area contributed by atoms with E-state index in [-0.39, 0.29) is 30.2 Å². The van der Waals surface area contributed by atoms with Gasteiger partial charge in [-0.25, -0.2) is 0 Å². The average molecular weight is 549 g/mol. The molecule has 2 aromatic heterocycles. The van der Waals surface area contributed by atoms with Gasteiger partial charge in [-0.1, -0.05) is 60.7 Å². The lowest BCUT2D eigenvalue weighted by Crippen LogP contribution is -2.40. The van der Waals surface area contributed by atoms with Crippen LogP contribution in [0.15, 0.2) is 113 Å². The second-order valence-corrected chi connectivity index (χ2v) is 10.6. The Labute approximate surface area is 237 Å². The summed E-state index contributed by atoms with van der Waals surface area (Å²) in [7, 11) is 1.72. The molecule has 6 rings (SSSR count). The zero-order valence-corrected chi connectivity index (χ0v) is 22.8. The number of thiophene rings is 1. The first-order valence-electron chi connectivity index (χ1n) is 13.2. The Morgan fingerprint density at radius 1 is 0.950 bits per heavy atom. The summed E-state index contributed by atoms with van der Waals surface area (Å²) in [4.78, 5) is 30.7. The fourth-order valence-electron chi connectivity index (χ4n) is 5.10. The number of rotatable bonds is 7. The summed E-state index contributed by atoms with van der Waals surface area (Å²) < 4.78 is 12.0. The summed E-state index contributed by atoms with van der Waals surface area (Å²) in [6.45, 7) is 0.819. The number of anilines is 1. The Morgan fingerprint density at radius 2 is 1.73 bits per heavy atom. The number of carbonyl (C=O) groups excluding carboxylic acids is 2. The van der Waals surface area contributed by atoms with Crippen molar-refractivity contribution in [2.24, 2.45) is 0 Å². The van der Waals surface area contributed by atoms with Crippen molar-refractivity contribution in [3.63, 3.8) is 0 Å². The molecule has 3 heterocycles. The normalized spacial score (nSPS) is 14.4. The van der Waals surface area contributed by atoms with Crippen molar-refractivity contribution in [3.8, 4) is 5.75 Å². The topological polar surface area (TPSA) is 63.0 Å². The van der Waals surface area contributed by atoms with E-state index in [4.69, 9.17) is 9.15 Å². The zero-order valence-electron chi connectivity index (χ0n) is 22.0. The summed E-state index contributed by atoms with van der Waals surface area (Å²) in [6, 6.07) is 32.6. The molecule has 7 heteroatoms. The average Bonchev–Trinajstić information content (AvgIpc) is 3.72. The Bertz CT molecular complexity index is 1610. The van der Waals surface area contributed by atoms with Gasteiger partial charge in [-0.3, -0.25) is 9.59 Å². The minimum absolute atomic E-state index is 0.0362. The van der Waals surface area contributed by atoms with E-state index in [0.717, 1.165) is 28.1 Å². The van der Waals surface area contributed by atoms with Gasteiger partial charge >= 0.3 is 0 Å². The largest absolute Gasteiger partial charge is 0.486 e. The van der Waals surface area contributed by atoms with E-state index in [0.29, 0.717) is 18.1 Å². The lowest BCUT2D eigenvalue weighted by atomic mass is 9.88. The number of hydrogen-bond acceptors (Lipinski definition) is 5. The van der Waals surface area contributed by atoms with E-state index >= 15 is 0 Å². The van der Waals surface area contributed by atoms with Crippen LogP contribution in [0.1, 0.15) is 48.7 Å². The van der Waals surface area contributed by atoms with E-state index in [9.17, 15) is 9.59 Å². The Balaban J connectivity index is 1.22. The van der Waals surface area contributed by atoms with Gasteiger partial charge in [0.2, 0.25) is 0 Å². The van der Waals surface area contributed by atoms with Crippen molar-refractivity contribution in [2.45, 2.75) is 19.1 Å². The number of furan rings is 1. The molecule has 1 atom stereocenters. The quantitative estimate of drug-likeness (QED) is 0.220. The van der Waals surface area contributed by atoms with Crippen molar-refractivity contribution < 1.29 is 18.7 Å². The van der Waals surface area contributed by atoms with Gasteiger partial charge in [0.15, 0.2) is 5.76 Å². The molecular formula is C33H28N2O4S. The number of nitrogens with zero attached hydrogens (tertiary/aromatic N) is 2. The van der Waals surface area contributed by atoms with Gasteiger partial charge in [0.05, 0.1) is 10.9 Å². The molecule has 1 aliphatic heterocycles. The van der Waals surface area contributed by atoms with E-state index in [1.807, 2.05) is 83.1 Å². The van der Waals surface area contributed by atoms with Gasteiger partial charge in [0, 0.05) is 19.3 Å². The minimum Gasteiger partial charge on any atom is -0.486 e. The van der Waals surface area contributed by atoms with Crippen molar-refractivity contribution in [3.05, 3.63) is 142 Å². The molecule has 0 aliphatic carbocycles. The highest BCUT2D eigenvalue weighted by atomic mass is 32.1. The molecule has 1 unspecified atom stereocenters. The van der Waals surface area contributed by atoms with E-state index < -0.39 is 0 Å². The van der Waals surface area contributed by atoms with Crippen LogP contribution in [0.4, 0.5) is 5.69 Å². The van der Waals surface area contributed by atoms with Crippen LogP contribution >= 0.6 is 11.3 Å². The molecule has 0 saturated heterocycles. The molecule has 5 aromatic rings. The minimum atomic E-state index is -0.229. The third-order valence-electron chi connectivity index (χ3n) is 7.16. The maximum atomic E-state index is 13.5. The molecule has 0 bridgehead atoms. The van der Waals surface area contributed by atoms with Crippen LogP contribution in [-0.4, -0.2) is 30.3 Å². The molecule has 0 spiro atoms. The molecule has 3 aromatic carbocycles. The molecule has 0 radical (unpaired) electrons. The zero-order chi connectivity index (χ0) is 27.5. The number of amides is 2. The predicted molar refractivity (Wildman–Crippen MR) is 156 cm³/mol. The molecule has 40 heavy (non-hydrogen) atoms. The van der Waals surface area contributed by atoms with Crippen molar-refractivity contribution in [1.82, 2.24) is 4.90 Å². The number of benzene rings is 3. The van der Waals surface area contributed by atoms with Gasteiger partial charge in [0.25, 0.3) is 11.8 Å². The lowest BCUT2D eigenvalue weighted by molar-refractivity contribution is 0.0699. The summed E-state index contributed by atoms with van der Waals surface area (Å²) >= 11 is 1.46. The Morgan fingerprint density at radius 3 is 2.48 bits per heavy atom. The third-order valence-corrected chi connectivity index (χ3v) is 8.01. The number of para-hydroxylation sites is 1. The van der Waals surface area contributed by atoms with Crippen LogP contribution in [0.25, 0.3) is 0 Å².